The van der Waals surface area contributed by atoms with E-state index >= 15 is 0 Å². The zero-order chi connectivity index (χ0) is 14.5. The Labute approximate surface area is 114 Å². The largest absolute Gasteiger partial charge is 0.356 e. The third kappa shape index (κ3) is 4.90. The lowest BCUT2D eigenvalue weighted by Crippen LogP contribution is -2.24. The summed E-state index contributed by atoms with van der Waals surface area (Å²) in [4.78, 5) is 11.4. The minimum absolute atomic E-state index is 0.0435. The number of carbonyl (C=O) groups is 1. The van der Waals surface area contributed by atoms with Crippen molar-refractivity contribution in [3.05, 3.63) is 29.8 Å². The number of benzene rings is 1. The van der Waals surface area contributed by atoms with Crippen LogP contribution in [0.15, 0.2) is 24.3 Å². The van der Waals surface area contributed by atoms with Gasteiger partial charge in [0.25, 0.3) is 0 Å². The molecule has 19 heavy (non-hydrogen) atoms. The Kier molecular flexibility index (Phi) is 5.35. The van der Waals surface area contributed by atoms with Gasteiger partial charge in [-0.3, -0.25) is 9.52 Å². The molecule has 0 heterocycles. The Bertz CT molecular complexity index is 521. The van der Waals surface area contributed by atoms with Crippen LogP contribution in [0.5, 0.6) is 0 Å². The summed E-state index contributed by atoms with van der Waals surface area (Å²) in [5.41, 5.74) is 1.35. The van der Waals surface area contributed by atoms with Crippen LogP contribution in [0, 0.1) is 0 Å². The first-order valence-corrected chi connectivity index (χ1v) is 7.77. The molecule has 0 atom stereocenters. The zero-order valence-electron chi connectivity index (χ0n) is 11.4. The number of likely N-dealkylation sites (N-methyl/N-ethyl adjacent to an activating group) is 1. The van der Waals surface area contributed by atoms with Crippen LogP contribution < -0.4 is 10.0 Å². The summed E-state index contributed by atoms with van der Waals surface area (Å²) in [6.45, 7) is 5.70. The van der Waals surface area contributed by atoms with Crippen LogP contribution in [-0.2, 0) is 21.2 Å². The Morgan fingerprint density at radius 1 is 1.21 bits per heavy atom. The number of hydrogen-bond acceptors (Lipinski definition) is 3. The average Bonchev–Trinajstić information content (AvgIpc) is 2.31. The molecule has 0 saturated heterocycles. The van der Waals surface area contributed by atoms with E-state index in [0.717, 1.165) is 5.56 Å². The van der Waals surface area contributed by atoms with E-state index < -0.39 is 15.3 Å². The molecule has 0 bridgehead atoms. The SMILES string of the molecule is CCNC(=O)Cc1ccc(NS(=O)(=O)C(C)C)cc1. The van der Waals surface area contributed by atoms with E-state index in [0.29, 0.717) is 18.7 Å². The van der Waals surface area contributed by atoms with Gasteiger partial charge in [0, 0.05) is 12.2 Å². The molecule has 5 nitrogen and oxygen atoms in total. The van der Waals surface area contributed by atoms with Gasteiger partial charge in [0.05, 0.1) is 11.7 Å². The van der Waals surface area contributed by atoms with Crippen LogP contribution in [0.3, 0.4) is 0 Å². The summed E-state index contributed by atoms with van der Waals surface area (Å²) in [5.74, 6) is -0.0435. The normalized spacial score (nSPS) is 11.4. The summed E-state index contributed by atoms with van der Waals surface area (Å²) in [5, 5.41) is 2.23. The molecule has 0 spiro atoms. The van der Waals surface area contributed by atoms with Crippen molar-refractivity contribution in [3.63, 3.8) is 0 Å². The standard InChI is InChI=1S/C13H20N2O3S/c1-4-14-13(16)9-11-5-7-12(8-6-11)15-19(17,18)10(2)3/h5-8,10,15H,4,9H2,1-3H3,(H,14,16). The molecule has 2 N–H and O–H groups in total. The van der Waals surface area contributed by atoms with E-state index in [4.69, 9.17) is 0 Å². The highest BCUT2D eigenvalue weighted by molar-refractivity contribution is 7.93. The van der Waals surface area contributed by atoms with Gasteiger partial charge in [0.2, 0.25) is 15.9 Å². The van der Waals surface area contributed by atoms with Gasteiger partial charge in [-0.2, -0.15) is 0 Å². The van der Waals surface area contributed by atoms with E-state index in [1.165, 1.54) is 0 Å². The fourth-order valence-electron chi connectivity index (χ4n) is 1.42. The second kappa shape index (κ2) is 6.56. The van der Waals surface area contributed by atoms with Crippen LogP contribution in [0.4, 0.5) is 5.69 Å². The highest BCUT2D eigenvalue weighted by Crippen LogP contribution is 2.13. The fraction of sp³-hybridized carbons (Fsp3) is 0.462. The molecule has 106 valence electrons. The second-order valence-corrected chi connectivity index (χ2v) is 6.76. The number of anilines is 1. The number of sulfonamides is 1. The quantitative estimate of drug-likeness (QED) is 0.831. The average molecular weight is 284 g/mol. The van der Waals surface area contributed by atoms with Gasteiger partial charge in [0.15, 0.2) is 0 Å². The number of carbonyl (C=O) groups excluding carboxylic acids is 1. The lowest BCUT2D eigenvalue weighted by molar-refractivity contribution is -0.120. The predicted molar refractivity (Wildman–Crippen MR) is 76.5 cm³/mol. The van der Waals surface area contributed by atoms with E-state index in [1.54, 1.807) is 38.1 Å². The Balaban J connectivity index is 2.69. The van der Waals surface area contributed by atoms with Crippen LogP contribution >= 0.6 is 0 Å². The van der Waals surface area contributed by atoms with Crippen LogP contribution in [0.2, 0.25) is 0 Å². The van der Waals surface area contributed by atoms with Crippen LogP contribution in [0.25, 0.3) is 0 Å². The molecule has 1 aromatic rings. The molecular formula is C13H20N2O3S. The maximum absolute atomic E-state index is 11.7. The number of hydrogen-bond donors (Lipinski definition) is 2. The molecule has 1 aromatic carbocycles. The Morgan fingerprint density at radius 3 is 2.26 bits per heavy atom. The first-order chi connectivity index (χ1) is 8.85. The van der Waals surface area contributed by atoms with Gasteiger partial charge in [-0.1, -0.05) is 12.1 Å². The van der Waals surface area contributed by atoms with Gasteiger partial charge in [-0.25, -0.2) is 8.42 Å². The van der Waals surface area contributed by atoms with Crippen LogP contribution in [-0.4, -0.2) is 26.1 Å². The van der Waals surface area contributed by atoms with Gasteiger partial charge in [0.1, 0.15) is 0 Å². The van der Waals surface area contributed by atoms with Crippen molar-refractivity contribution in [1.29, 1.82) is 0 Å². The number of amides is 1. The summed E-state index contributed by atoms with van der Waals surface area (Å²) in [6, 6.07) is 6.81. The van der Waals surface area contributed by atoms with Crippen molar-refractivity contribution in [2.75, 3.05) is 11.3 Å². The topological polar surface area (TPSA) is 75.3 Å². The maximum Gasteiger partial charge on any atom is 0.235 e. The number of rotatable bonds is 6. The van der Waals surface area contributed by atoms with Crippen molar-refractivity contribution < 1.29 is 13.2 Å². The molecule has 1 amide bonds. The Morgan fingerprint density at radius 2 is 1.79 bits per heavy atom. The zero-order valence-corrected chi connectivity index (χ0v) is 12.3. The molecular weight excluding hydrogens is 264 g/mol. The van der Waals surface area contributed by atoms with Crippen molar-refractivity contribution in [1.82, 2.24) is 5.32 Å². The minimum atomic E-state index is -3.33. The molecule has 1 rings (SSSR count). The molecule has 0 unspecified atom stereocenters. The molecule has 0 radical (unpaired) electrons. The lowest BCUT2D eigenvalue weighted by atomic mass is 10.1. The smallest absolute Gasteiger partial charge is 0.235 e. The molecule has 0 aliphatic rings. The predicted octanol–water partition coefficient (Wildman–Crippen LogP) is 1.52. The number of nitrogens with one attached hydrogen (secondary N) is 2. The first-order valence-electron chi connectivity index (χ1n) is 6.22. The highest BCUT2D eigenvalue weighted by Gasteiger charge is 2.15. The summed E-state index contributed by atoms with van der Waals surface area (Å²) >= 11 is 0. The van der Waals surface area contributed by atoms with Gasteiger partial charge in [-0.15, -0.1) is 0 Å². The van der Waals surface area contributed by atoms with E-state index in [9.17, 15) is 13.2 Å². The van der Waals surface area contributed by atoms with Gasteiger partial charge >= 0.3 is 0 Å². The summed E-state index contributed by atoms with van der Waals surface area (Å²) < 4.78 is 25.8. The lowest BCUT2D eigenvalue weighted by Gasteiger charge is -2.11. The molecule has 0 aliphatic carbocycles. The van der Waals surface area contributed by atoms with Gasteiger partial charge in [-0.05, 0) is 38.5 Å². The third-order valence-electron chi connectivity index (χ3n) is 2.57. The molecule has 6 heteroatoms. The Hall–Kier alpha value is -1.56. The monoisotopic (exact) mass is 284 g/mol. The maximum atomic E-state index is 11.7. The van der Waals surface area contributed by atoms with Crippen molar-refractivity contribution in [2.45, 2.75) is 32.4 Å². The fourth-order valence-corrected chi connectivity index (χ4v) is 2.12. The van der Waals surface area contributed by atoms with Crippen molar-refractivity contribution in [3.8, 4) is 0 Å². The molecule has 0 aliphatic heterocycles. The molecule has 0 saturated carbocycles. The minimum Gasteiger partial charge on any atom is -0.356 e. The first kappa shape index (κ1) is 15.5. The van der Waals surface area contributed by atoms with E-state index in [2.05, 4.69) is 10.0 Å². The summed E-state index contributed by atoms with van der Waals surface area (Å²) in [7, 11) is -3.33. The molecule has 0 aromatic heterocycles. The second-order valence-electron chi connectivity index (χ2n) is 4.52. The third-order valence-corrected chi connectivity index (χ3v) is 4.33. The summed E-state index contributed by atoms with van der Waals surface area (Å²) in [6.07, 6.45) is 0.297. The van der Waals surface area contributed by atoms with Crippen molar-refractivity contribution in [2.24, 2.45) is 0 Å². The molecule has 0 fully saturated rings. The van der Waals surface area contributed by atoms with E-state index in [-0.39, 0.29) is 5.91 Å². The highest BCUT2D eigenvalue weighted by atomic mass is 32.2. The van der Waals surface area contributed by atoms with E-state index in [1.807, 2.05) is 6.92 Å². The van der Waals surface area contributed by atoms with Crippen LogP contribution in [0.1, 0.15) is 26.3 Å². The van der Waals surface area contributed by atoms with Gasteiger partial charge < -0.3 is 5.32 Å². The van der Waals surface area contributed by atoms with Crippen molar-refractivity contribution >= 4 is 21.6 Å².